The number of aliphatic hydroxyl groups is 1. The van der Waals surface area contributed by atoms with Gasteiger partial charge in [-0.25, -0.2) is 4.79 Å². The number of carbonyl (C=O) groups excluding carboxylic acids is 1. The van der Waals surface area contributed by atoms with Crippen LogP contribution in [-0.2, 0) is 4.74 Å². The molecule has 1 heterocycles. The molecular weight excluding hydrogens is 398 g/mol. The largest absolute Gasteiger partial charge is 0.489 e. The van der Waals surface area contributed by atoms with E-state index < -0.39 is 18.3 Å². The van der Waals surface area contributed by atoms with Gasteiger partial charge in [-0.2, -0.15) is 8.78 Å². The van der Waals surface area contributed by atoms with Gasteiger partial charge in [0.25, 0.3) is 0 Å². The highest BCUT2D eigenvalue weighted by Gasteiger charge is 2.37. The summed E-state index contributed by atoms with van der Waals surface area (Å²) in [5.74, 6) is 0.711. The van der Waals surface area contributed by atoms with E-state index in [2.05, 4.69) is 10.1 Å². The third kappa shape index (κ3) is 6.35. The normalized spacial score (nSPS) is 21.6. The fourth-order valence-electron chi connectivity index (χ4n) is 3.37. The number of hydrogen-bond donors (Lipinski definition) is 2. The minimum atomic E-state index is -2.94. The van der Waals surface area contributed by atoms with Crippen molar-refractivity contribution in [2.75, 3.05) is 25.1 Å². The van der Waals surface area contributed by atoms with Crippen LogP contribution in [0, 0.1) is 5.92 Å². The van der Waals surface area contributed by atoms with E-state index in [1.54, 1.807) is 32.9 Å². The molecule has 1 saturated carbocycles. The van der Waals surface area contributed by atoms with Gasteiger partial charge in [0.15, 0.2) is 11.5 Å². The van der Waals surface area contributed by atoms with Crippen LogP contribution in [0.15, 0.2) is 18.2 Å². The summed E-state index contributed by atoms with van der Waals surface area (Å²) in [7, 11) is 0. The Morgan fingerprint density at radius 2 is 2.03 bits per heavy atom. The Hall–Kier alpha value is -2.29. The third-order valence-electron chi connectivity index (χ3n) is 4.96. The van der Waals surface area contributed by atoms with Crippen LogP contribution >= 0.6 is 0 Å². The first-order chi connectivity index (χ1) is 14.1. The van der Waals surface area contributed by atoms with Gasteiger partial charge in [0, 0.05) is 24.3 Å². The van der Waals surface area contributed by atoms with Gasteiger partial charge in [0.1, 0.15) is 5.60 Å². The van der Waals surface area contributed by atoms with Crippen molar-refractivity contribution in [3.63, 3.8) is 0 Å². The second-order valence-electron chi connectivity index (χ2n) is 8.84. The molecule has 0 radical (unpaired) electrons. The molecule has 2 fully saturated rings. The lowest BCUT2D eigenvalue weighted by atomic mass is 10.1. The van der Waals surface area contributed by atoms with Crippen LogP contribution in [0.5, 0.6) is 11.5 Å². The number of rotatable bonds is 8. The zero-order valence-electron chi connectivity index (χ0n) is 17.6. The number of nitrogens with zero attached hydrogens (tertiary/aromatic N) is 1. The van der Waals surface area contributed by atoms with E-state index in [1.165, 1.54) is 11.0 Å². The number of halogens is 2. The lowest BCUT2D eigenvalue weighted by Crippen LogP contribution is -2.41. The van der Waals surface area contributed by atoms with Crippen LogP contribution in [0.2, 0.25) is 0 Å². The highest BCUT2D eigenvalue weighted by Crippen LogP contribution is 2.36. The Balaban J connectivity index is 1.67. The van der Waals surface area contributed by atoms with Crippen molar-refractivity contribution in [3.05, 3.63) is 18.2 Å². The van der Waals surface area contributed by atoms with E-state index >= 15 is 0 Å². The van der Waals surface area contributed by atoms with Gasteiger partial charge in [0.05, 0.1) is 19.3 Å². The lowest BCUT2D eigenvalue weighted by molar-refractivity contribution is -0.0515. The molecule has 7 nitrogen and oxygen atoms in total. The quantitative estimate of drug-likeness (QED) is 0.655. The average molecular weight is 428 g/mol. The summed E-state index contributed by atoms with van der Waals surface area (Å²) in [6.07, 6.45) is 2.21. The number of benzene rings is 1. The number of likely N-dealkylation sites (tertiary alicyclic amines) is 1. The van der Waals surface area contributed by atoms with E-state index in [9.17, 15) is 18.7 Å². The van der Waals surface area contributed by atoms with Crippen molar-refractivity contribution in [1.29, 1.82) is 0 Å². The smallest absolute Gasteiger partial charge is 0.410 e. The number of nitrogens with one attached hydrogen (secondary N) is 1. The first kappa shape index (κ1) is 22.4. The molecule has 9 heteroatoms. The summed E-state index contributed by atoms with van der Waals surface area (Å²) >= 11 is 0. The molecule has 1 amide bonds. The number of hydrogen-bond acceptors (Lipinski definition) is 6. The maximum atomic E-state index is 12.7. The molecular formula is C21H30F2N2O5. The molecule has 2 aliphatic rings. The summed E-state index contributed by atoms with van der Waals surface area (Å²) < 4.78 is 41.1. The molecule has 1 saturated heterocycles. The monoisotopic (exact) mass is 428 g/mol. The van der Waals surface area contributed by atoms with E-state index in [0.29, 0.717) is 31.2 Å². The molecule has 30 heavy (non-hydrogen) atoms. The van der Waals surface area contributed by atoms with Gasteiger partial charge in [-0.15, -0.1) is 0 Å². The molecule has 1 aliphatic heterocycles. The molecule has 1 aromatic rings. The second-order valence-corrected chi connectivity index (χ2v) is 8.84. The molecule has 1 aromatic carbocycles. The summed E-state index contributed by atoms with van der Waals surface area (Å²) in [5, 5.41) is 13.0. The van der Waals surface area contributed by atoms with Crippen molar-refractivity contribution < 1.29 is 32.9 Å². The number of amides is 1. The predicted molar refractivity (Wildman–Crippen MR) is 107 cm³/mol. The maximum absolute atomic E-state index is 12.7. The van der Waals surface area contributed by atoms with Crippen LogP contribution in [0.4, 0.5) is 19.3 Å². The second kappa shape index (κ2) is 9.24. The Morgan fingerprint density at radius 1 is 1.30 bits per heavy atom. The van der Waals surface area contributed by atoms with Gasteiger partial charge < -0.3 is 29.5 Å². The third-order valence-corrected chi connectivity index (χ3v) is 4.96. The van der Waals surface area contributed by atoms with Crippen LogP contribution in [0.25, 0.3) is 0 Å². The van der Waals surface area contributed by atoms with Crippen molar-refractivity contribution in [3.8, 4) is 11.5 Å². The zero-order valence-corrected chi connectivity index (χ0v) is 17.6. The summed E-state index contributed by atoms with van der Waals surface area (Å²) in [5.41, 5.74) is 0.0341. The molecule has 3 rings (SSSR count). The highest BCUT2D eigenvalue weighted by atomic mass is 19.3. The zero-order chi connectivity index (χ0) is 21.9. The Labute approximate surface area is 175 Å². The molecule has 2 atom stereocenters. The van der Waals surface area contributed by atoms with Gasteiger partial charge in [-0.05, 0) is 58.1 Å². The first-order valence-corrected chi connectivity index (χ1v) is 10.2. The van der Waals surface area contributed by atoms with Gasteiger partial charge >= 0.3 is 12.7 Å². The maximum Gasteiger partial charge on any atom is 0.410 e. The van der Waals surface area contributed by atoms with Crippen LogP contribution in [0.3, 0.4) is 0 Å². The van der Waals surface area contributed by atoms with Crippen LogP contribution < -0.4 is 14.8 Å². The van der Waals surface area contributed by atoms with Crippen molar-refractivity contribution in [2.45, 2.75) is 64.3 Å². The van der Waals surface area contributed by atoms with E-state index in [1.807, 2.05) is 0 Å². The van der Waals surface area contributed by atoms with Gasteiger partial charge in [0.2, 0.25) is 0 Å². The molecule has 1 unspecified atom stereocenters. The highest BCUT2D eigenvalue weighted by molar-refractivity contribution is 5.69. The standard InChI is InChI=1S/C21H30F2N2O5/c1-21(2,3)30-20(27)25-10-15(8-16(25)11-26)24-14-6-7-17(29-19(22)23)18(9-14)28-12-13-4-5-13/h6-7,9,13,15-16,19,24,26H,4-5,8,10-12H2,1-3H3/t15?,16-/m0/s1. The minimum absolute atomic E-state index is 0.00811. The fraction of sp³-hybridized carbons (Fsp3) is 0.667. The molecule has 1 aliphatic carbocycles. The number of aliphatic hydroxyl groups excluding tert-OH is 1. The summed E-state index contributed by atoms with van der Waals surface area (Å²) in [6, 6.07) is 4.22. The van der Waals surface area contributed by atoms with Crippen molar-refractivity contribution in [2.24, 2.45) is 5.92 Å². The Bertz CT molecular complexity index is 737. The van der Waals surface area contributed by atoms with Crippen LogP contribution in [-0.4, -0.2) is 60.2 Å². The lowest BCUT2D eigenvalue weighted by Gasteiger charge is -2.27. The van der Waals surface area contributed by atoms with Gasteiger partial charge in [-0.3, -0.25) is 0 Å². The van der Waals surface area contributed by atoms with E-state index in [0.717, 1.165) is 12.8 Å². The number of carbonyl (C=O) groups is 1. The molecule has 168 valence electrons. The van der Waals surface area contributed by atoms with E-state index in [-0.39, 0.29) is 30.2 Å². The molecule has 0 spiro atoms. The fourth-order valence-corrected chi connectivity index (χ4v) is 3.37. The Kier molecular flexibility index (Phi) is 6.90. The predicted octanol–water partition coefficient (Wildman–Crippen LogP) is 3.86. The SMILES string of the molecule is CC(C)(C)OC(=O)N1CC(Nc2ccc(OC(F)F)c(OCC3CC3)c2)C[C@H]1CO. The topological polar surface area (TPSA) is 80.3 Å². The van der Waals surface area contributed by atoms with E-state index in [4.69, 9.17) is 9.47 Å². The van der Waals surface area contributed by atoms with Gasteiger partial charge in [-0.1, -0.05) is 0 Å². The molecule has 0 aromatic heterocycles. The number of anilines is 1. The minimum Gasteiger partial charge on any atom is -0.489 e. The molecule has 2 N–H and O–H groups in total. The number of ether oxygens (including phenoxy) is 3. The van der Waals surface area contributed by atoms with Crippen molar-refractivity contribution >= 4 is 11.8 Å². The summed E-state index contributed by atoms with van der Waals surface area (Å²) in [4.78, 5) is 14.0. The number of alkyl halides is 2. The average Bonchev–Trinajstić information content (AvgIpc) is 3.38. The first-order valence-electron chi connectivity index (χ1n) is 10.2. The summed E-state index contributed by atoms with van der Waals surface area (Å²) in [6.45, 7) is 3.08. The van der Waals surface area contributed by atoms with Crippen LogP contribution in [0.1, 0.15) is 40.0 Å². The van der Waals surface area contributed by atoms with Crippen molar-refractivity contribution in [1.82, 2.24) is 4.90 Å². The Morgan fingerprint density at radius 3 is 2.63 bits per heavy atom. The molecule has 0 bridgehead atoms.